The number of hydrogen-bond acceptors (Lipinski definition) is 3. The number of nitrogens with two attached hydrogens (primary N) is 1. The number of nitrogens with zero attached hydrogens (tertiary/aromatic N) is 1. The number of anilines is 2. The van der Waals surface area contributed by atoms with E-state index in [1.165, 1.54) is 19.3 Å². The minimum absolute atomic E-state index is 0.0306. The van der Waals surface area contributed by atoms with Gasteiger partial charge in [0.2, 0.25) is 5.91 Å². The quantitative estimate of drug-likeness (QED) is 0.818. The molecule has 0 spiro atoms. The maximum Gasteiger partial charge on any atom is 0.241 e. The number of carbonyl (C=O) groups is 1. The predicted molar refractivity (Wildman–Crippen MR) is 79.1 cm³/mol. The molecule has 0 saturated heterocycles. The minimum Gasteiger partial charge on any atom is -0.398 e. The molecule has 1 fully saturated rings. The van der Waals surface area contributed by atoms with Crippen molar-refractivity contribution in [3.05, 3.63) is 23.8 Å². The molecule has 1 amide bonds. The maximum atomic E-state index is 12.3. The molecule has 2 rings (SSSR count). The molecule has 1 aliphatic carbocycles. The third-order valence-electron chi connectivity index (χ3n) is 4.27. The van der Waals surface area contributed by atoms with E-state index in [1.54, 1.807) is 0 Å². The third kappa shape index (κ3) is 2.89. The van der Waals surface area contributed by atoms with Crippen LogP contribution in [-0.4, -0.2) is 29.9 Å². The smallest absolute Gasteiger partial charge is 0.241 e. The van der Waals surface area contributed by atoms with Crippen LogP contribution in [0.4, 0.5) is 11.4 Å². The molecule has 1 saturated carbocycles. The Morgan fingerprint density at radius 2 is 2.16 bits per heavy atom. The van der Waals surface area contributed by atoms with Gasteiger partial charge in [0, 0.05) is 17.4 Å². The lowest BCUT2D eigenvalue weighted by Gasteiger charge is -2.38. The molecule has 4 nitrogen and oxygen atoms in total. The van der Waals surface area contributed by atoms with Crippen LogP contribution in [0.3, 0.4) is 0 Å². The van der Waals surface area contributed by atoms with Crippen LogP contribution in [0, 0.1) is 6.92 Å². The van der Waals surface area contributed by atoms with Crippen molar-refractivity contribution in [1.82, 2.24) is 4.90 Å². The Hall–Kier alpha value is -1.55. The maximum absolute atomic E-state index is 12.3. The van der Waals surface area contributed by atoms with Gasteiger partial charge in [0.05, 0.1) is 6.04 Å². The van der Waals surface area contributed by atoms with Gasteiger partial charge in [-0.2, -0.15) is 0 Å². The van der Waals surface area contributed by atoms with E-state index < -0.39 is 0 Å². The van der Waals surface area contributed by atoms with Gasteiger partial charge in [-0.1, -0.05) is 12.5 Å². The summed E-state index contributed by atoms with van der Waals surface area (Å²) in [6.07, 6.45) is 3.68. The summed E-state index contributed by atoms with van der Waals surface area (Å²) < 4.78 is 0. The number of nitrogen functional groups attached to an aromatic ring is 1. The van der Waals surface area contributed by atoms with E-state index in [0.717, 1.165) is 11.3 Å². The van der Waals surface area contributed by atoms with Gasteiger partial charge in [-0.05, 0) is 51.4 Å². The number of hydrogen-bond donors (Lipinski definition) is 2. The number of rotatable bonds is 4. The highest BCUT2D eigenvalue weighted by molar-refractivity contribution is 5.95. The van der Waals surface area contributed by atoms with Crippen LogP contribution in [-0.2, 0) is 4.79 Å². The van der Waals surface area contributed by atoms with E-state index in [1.807, 2.05) is 39.1 Å². The van der Waals surface area contributed by atoms with Crippen LogP contribution in [0.25, 0.3) is 0 Å². The fourth-order valence-electron chi connectivity index (χ4n) is 2.32. The highest BCUT2D eigenvalue weighted by Crippen LogP contribution is 2.26. The molecule has 4 heteroatoms. The molecule has 1 aromatic carbocycles. The molecule has 3 N–H and O–H groups in total. The summed E-state index contributed by atoms with van der Waals surface area (Å²) in [5.74, 6) is 0.0306. The summed E-state index contributed by atoms with van der Waals surface area (Å²) in [6, 6.07) is 6.03. The first kappa shape index (κ1) is 13.9. The molecule has 0 aliphatic heterocycles. The molecule has 1 atom stereocenters. The van der Waals surface area contributed by atoms with Gasteiger partial charge in [-0.25, -0.2) is 0 Å². The molecular formula is C15H23N3O. The summed E-state index contributed by atoms with van der Waals surface area (Å²) in [6.45, 7) is 3.88. The van der Waals surface area contributed by atoms with E-state index in [9.17, 15) is 4.79 Å². The van der Waals surface area contributed by atoms with Crippen molar-refractivity contribution < 1.29 is 4.79 Å². The summed E-state index contributed by atoms with van der Waals surface area (Å²) >= 11 is 0. The highest BCUT2D eigenvalue weighted by atomic mass is 16.2. The molecule has 104 valence electrons. The number of likely N-dealkylation sites (N-methyl/N-ethyl adjacent to an activating group) is 1. The van der Waals surface area contributed by atoms with E-state index in [0.29, 0.717) is 11.7 Å². The molecule has 1 unspecified atom stereocenters. The van der Waals surface area contributed by atoms with Crippen LogP contribution < -0.4 is 11.1 Å². The second kappa shape index (κ2) is 5.61. The van der Waals surface area contributed by atoms with E-state index in [2.05, 4.69) is 10.2 Å². The summed E-state index contributed by atoms with van der Waals surface area (Å²) in [5.41, 5.74) is 8.29. The summed E-state index contributed by atoms with van der Waals surface area (Å²) in [7, 11) is 2.03. The zero-order chi connectivity index (χ0) is 14.0. The van der Waals surface area contributed by atoms with E-state index in [-0.39, 0.29) is 11.9 Å². The van der Waals surface area contributed by atoms with Crippen LogP contribution in [0.5, 0.6) is 0 Å². The molecule has 1 aromatic rings. The van der Waals surface area contributed by atoms with Crippen LogP contribution in [0.1, 0.15) is 31.7 Å². The highest BCUT2D eigenvalue weighted by Gasteiger charge is 2.28. The van der Waals surface area contributed by atoms with Gasteiger partial charge in [-0.3, -0.25) is 9.69 Å². The van der Waals surface area contributed by atoms with Crippen molar-refractivity contribution in [2.45, 2.75) is 45.2 Å². The molecule has 0 heterocycles. The third-order valence-corrected chi connectivity index (χ3v) is 4.27. The SMILES string of the molecule is Cc1c(N)cccc1NC(=O)C(C)N(C)C1CCC1. The zero-order valence-corrected chi connectivity index (χ0v) is 11.9. The van der Waals surface area contributed by atoms with Gasteiger partial charge < -0.3 is 11.1 Å². The van der Waals surface area contributed by atoms with Crippen LogP contribution in [0.2, 0.25) is 0 Å². The first-order chi connectivity index (χ1) is 9.00. The predicted octanol–water partition coefficient (Wildman–Crippen LogP) is 2.39. The van der Waals surface area contributed by atoms with Gasteiger partial charge in [0.1, 0.15) is 0 Å². The van der Waals surface area contributed by atoms with Crippen LogP contribution >= 0.6 is 0 Å². The lowest BCUT2D eigenvalue weighted by molar-refractivity contribution is -0.121. The molecular weight excluding hydrogens is 238 g/mol. The Bertz CT molecular complexity index is 468. The Morgan fingerprint density at radius 1 is 1.47 bits per heavy atom. The number of nitrogens with one attached hydrogen (secondary N) is 1. The number of amides is 1. The first-order valence-electron chi connectivity index (χ1n) is 6.88. The molecule has 19 heavy (non-hydrogen) atoms. The molecule has 1 aliphatic rings. The first-order valence-corrected chi connectivity index (χ1v) is 6.88. The summed E-state index contributed by atoms with van der Waals surface area (Å²) in [5, 5.41) is 2.97. The van der Waals surface area contributed by atoms with Crippen molar-refractivity contribution in [3.8, 4) is 0 Å². The van der Waals surface area contributed by atoms with E-state index >= 15 is 0 Å². The second-order valence-electron chi connectivity index (χ2n) is 5.44. The standard InChI is InChI=1S/C15H23N3O/c1-10-13(16)8-5-9-14(10)17-15(19)11(2)18(3)12-6-4-7-12/h5,8-9,11-12H,4,6-7,16H2,1-3H3,(H,17,19). The zero-order valence-electron chi connectivity index (χ0n) is 11.9. The topological polar surface area (TPSA) is 58.4 Å². The van der Waals surface area contributed by atoms with Gasteiger partial charge in [0.15, 0.2) is 0 Å². The van der Waals surface area contributed by atoms with Crippen molar-refractivity contribution in [2.24, 2.45) is 0 Å². The van der Waals surface area contributed by atoms with Crippen LogP contribution in [0.15, 0.2) is 18.2 Å². The Kier molecular flexibility index (Phi) is 4.10. The molecule has 0 bridgehead atoms. The largest absolute Gasteiger partial charge is 0.398 e. The number of benzene rings is 1. The van der Waals surface area contributed by atoms with Crippen molar-refractivity contribution >= 4 is 17.3 Å². The monoisotopic (exact) mass is 261 g/mol. The minimum atomic E-state index is -0.119. The summed E-state index contributed by atoms with van der Waals surface area (Å²) in [4.78, 5) is 14.4. The van der Waals surface area contributed by atoms with E-state index in [4.69, 9.17) is 5.73 Å². The lowest BCUT2D eigenvalue weighted by atomic mass is 9.91. The lowest BCUT2D eigenvalue weighted by Crippen LogP contribution is -2.48. The average Bonchev–Trinajstić information content (AvgIpc) is 2.31. The Labute approximate surface area is 115 Å². The average molecular weight is 261 g/mol. The molecule has 0 aromatic heterocycles. The second-order valence-corrected chi connectivity index (χ2v) is 5.44. The fourth-order valence-corrected chi connectivity index (χ4v) is 2.32. The van der Waals surface area contributed by atoms with Crippen molar-refractivity contribution in [1.29, 1.82) is 0 Å². The Morgan fingerprint density at radius 3 is 2.74 bits per heavy atom. The fraction of sp³-hybridized carbons (Fsp3) is 0.533. The van der Waals surface area contributed by atoms with Gasteiger partial charge in [-0.15, -0.1) is 0 Å². The van der Waals surface area contributed by atoms with Crippen molar-refractivity contribution in [3.63, 3.8) is 0 Å². The van der Waals surface area contributed by atoms with Gasteiger partial charge in [0.25, 0.3) is 0 Å². The van der Waals surface area contributed by atoms with Crippen molar-refractivity contribution in [2.75, 3.05) is 18.1 Å². The Balaban J connectivity index is 2.01. The normalized spacial score (nSPS) is 17.1. The van der Waals surface area contributed by atoms with Gasteiger partial charge >= 0.3 is 0 Å². The molecule has 0 radical (unpaired) electrons. The number of carbonyl (C=O) groups excluding carboxylic acids is 1.